The van der Waals surface area contributed by atoms with Gasteiger partial charge in [-0.05, 0) is 31.0 Å². The van der Waals surface area contributed by atoms with Crippen LogP contribution in [0.2, 0.25) is 0 Å². The summed E-state index contributed by atoms with van der Waals surface area (Å²) < 4.78 is 31.5. The van der Waals surface area contributed by atoms with Crippen LogP contribution < -0.4 is 5.73 Å². The van der Waals surface area contributed by atoms with Gasteiger partial charge in [-0.3, -0.25) is 0 Å². The van der Waals surface area contributed by atoms with Crippen molar-refractivity contribution in [3.63, 3.8) is 0 Å². The van der Waals surface area contributed by atoms with Gasteiger partial charge in [0.05, 0.1) is 0 Å². The van der Waals surface area contributed by atoms with Gasteiger partial charge in [-0.15, -0.1) is 0 Å². The number of hydrogen-bond acceptors (Lipinski definition) is 2. The quantitative estimate of drug-likeness (QED) is 0.761. The molecule has 2 N–H and O–H groups in total. The van der Waals surface area contributed by atoms with Crippen LogP contribution >= 0.6 is 0 Å². The SMILES string of the molecule is CCCOCCC(N)c1cc(F)ccc1F. The van der Waals surface area contributed by atoms with Crippen molar-refractivity contribution in [3.8, 4) is 0 Å². The molecule has 0 radical (unpaired) electrons. The van der Waals surface area contributed by atoms with Crippen LogP contribution in [0.4, 0.5) is 8.78 Å². The molecular formula is C12H17F2NO. The molecule has 4 heteroatoms. The van der Waals surface area contributed by atoms with Gasteiger partial charge in [0.15, 0.2) is 0 Å². The topological polar surface area (TPSA) is 35.2 Å². The molecule has 0 bridgehead atoms. The first kappa shape index (κ1) is 13.1. The van der Waals surface area contributed by atoms with Crippen LogP contribution in [0.15, 0.2) is 18.2 Å². The van der Waals surface area contributed by atoms with Gasteiger partial charge in [0.25, 0.3) is 0 Å². The number of benzene rings is 1. The number of ether oxygens (including phenoxy) is 1. The van der Waals surface area contributed by atoms with Crippen molar-refractivity contribution in [3.05, 3.63) is 35.4 Å². The second-order valence-corrected chi connectivity index (χ2v) is 3.67. The Labute approximate surface area is 94.4 Å². The van der Waals surface area contributed by atoms with Gasteiger partial charge in [-0.2, -0.15) is 0 Å². The van der Waals surface area contributed by atoms with Gasteiger partial charge < -0.3 is 10.5 Å². The Morgan fingerprint density at radius 2 is 2.06 bits per heavy atom. The van der Waals surface area contributed by atoms with Crippen molar-refractivity contribution in [2.24, 2.45) is 5.73 Å². The Morgan fingerprint density at radius 1 is 1.31 bits per heavy atom. The van der Waals surface area contributed by atoms with Crippen LogP contribution in [0.5, 0.6) is 0 Å². The van der Waals surface area contributed by atoms with Crippen LogP contribution in [-0.4, -0.2) is 13.2 Å². The van der Waals surface area contributed by atoms with Gasteiger partial charge in [0, 0.05) is 24.8 Å². The standard InChI is InChI=1S/C12H17F2NO/c1-2-6-16-7-5-12(15)10-8-9(13)3-4-11(10)14/h3-4,8,12H,2,5-7,15H2,1H3. The summed E-state index contributed by atoms with van der Waals surface area (Å²) in [5.41, 5.74) is 5.97. The molecule has 0 saturated heterocycles. The summed E-state index contributed by atoms with van der Waals surface area (Å²) in [5, 5.41) is 0. The second-order valence-electron chi connectivity index (χ2n) is 3.67. The van der Waals surface area contributed by atoms with Crippen LogP contribution in [0, 0.1) is 11.6 Å². The van der Waals surface area contributed by atoms with E-state index in [0.717, 1.165) is 24.6 Å². The number of hydrogen-bond donors (Lipinski definition) is 1. The van der Waals surface area contributed by atoms with E-state index in [9.17, 15) is 8.78 Å². The third-order valence-electron chi connectivity index (χ3n) is 2.28. The largest absolute Gasteiger partial charge is 0.381 e. The molecule has 0 aliphatic heterocycles. The molecule has 0 fully saturated rings. The lowest BCUT2D eigenvalue weighted by molar-refractivity contribution is 0.127. The zero-order chi connectivity index (χ0) is 12.0. The summed E-state index contributed by atoms with van der Waals surface area (Å²) in [6.07, 6.45) is 1.42. The molecule has 0 spiro atoms. The van der Waals surface area contributed by atoms with E-state index in [-0.39, 0.29) is 5.56 Å². The minimum absolute atomic E-state index is 0.208. The lowest BCUT2D eigenvalue weighted by Crippen LogP contribution is -2.15. The highest BCUT2D eigenvalue weighted by molar-refractivity contribution is 5.21. The molecule has 1 unspecified atom stereocenters. The first-order valence-electron chi connectivity index (χ1n) is 5.43. The maximum atomic E-state index is 13.3. The molecule has 1 rings (SSSR count). The van der Waals surface area contributed by atoms with Crippen molar-refractivity contribution < 1.29 is 13.5 Å². The minimum Gasteiger partial charge on any atom is -0.381 e. The molecule has 16 heavy (non-hydrogen) atoms. The highest BCUT2D eigenvalue weighted by Gasteiger charge is 2.12. The van der Waals surface area contributed by atoms with E-state index in [0.29, 0.717) is 19.6 Å². The Balaban J connectivity index is 2.51. The van der Waals surface area contributed by atoms with Crippen molar-refractivity contribution in [2.45, 2.75) is 25.8 Å². The molecule has 0 aromatic heterocycles. The fourth-order valence-electron chi connectivity index (χ4n) is 1.41. The average Bonchev–Trinajstić information content (AvgIpc) is 2.27. The van der Waals surface area contributed by atoms with Crippen LogP contribution in [0.25, 0.3) is 0 Å². The number of halogens is 2. The monoisotopic (exact) mass is 229 g/mol. The van der Waals surface area contributed by atoms with E-state index in [2.05, 4.69) is 0 Å². The van der Waals surface area contributed by atoms with Crippen LogP contribution in [0.1, 0.15) is 31.4 Å². The van der Waals surface area contributed by atoms with E-state index in [1.807, 2.05) is 6.92 Å². The van der Waals surface area contributed by atoms with E-state index in [4.69, 9.17) is 10.5 Å². The highest BCUT2D eigenvalue weighted by Crippen LogP contribution is 2.19. The summed E-state index contributed by atoms with van der Waals surface area (Å²) in [5.74, 6) is -0.939. The number of rotatable bonds is 6. The number of nitrogens with two attached hydrogens (primary N) is 1. The molecular weight excluding hydrogens is 212 g/mol. The molecule has 90 valence electrons. The molecule has 1 aromatic rings. The maximum absolute atomic E-state index is 13.3. The van der Waals surface area contributed by atoms with Crippen molar-refractivity contribution in [1.29, 1.82) is 0 Å². The van der Waals surface area contributed by atoms with Crippen LogP contribution in [-0.2, 0) is 4.74 Å². The van der Waals surface area contributed by atoms with Gasteiger partial charge in [0.2, 0.25) is 0 Å². The van der Waals surface area contributed by atoms with Crippen molar-refractivity contribution in [2.75, 3.05) is 13.2 Å². The molecule has 1 atom stereocenters. The maximum Gasteiger partial charge on any atom is 0.128 e. The van der Waals surface area contributed by atoms with E-state index < -0.39 is 17.7 Å². The molecule has 0 amide bonds. The molecule has 2 nitrogen and oxygen atoms in total. The van der Waals surface area contributed by atoms with Gasteiger partial charge in [-0.25, -0.2) is 8.78 Å². The predicted octanol–water partition coefficient (Wildman–Crippen LogP) is 2.78. The van der Waals surface area contributed by atoms with Crippen molar-refractivity contribution in [1.82, 2.24) is 0 Å². The Kier molecular flexibility index (Phi) is 5.35. The normalized spacial score (nSPS) is 12.8. The molecule has 0 aliphatic carbocycles. The predicted molar refractivity (Wildman–Crippen MR) is 59.0 cm³/mol. The fourth-order valence-corrected chi connectivity index (χ4v) is 1.41. The first-order valence-corrected chi connectivity index (χ1v) is 5.43. The summed E-state index contributed by atoms with van der Waals surface area (Å²) >= 11 is 0. The molecule has 1 aromatic carbocycles. The summed E-state index contributed by atoms with van der Waals surface area (Å²) in [6, 6.07) is 2.80. The first-order chi connectivity index (χ1) is 7.65. The van der Waals surface area contributed by atoms with E-state index >= 15 is 0 Å². The van der Waals surface area contributed by atoms with E-state index in [1.165, 1.54) is 0 Å². The summed E-state index contributed by atoms with van der Waals surface area (Å²) in [4.78, 5) is 0. The zero-order valence-electron chi connectivity index (χ0n) is 9.38. The van der Waals surface area contributed by atoms with Crippen LogP contribution in [0.3, 0.4) is 0 Å². The average molecular weight is 229 g/mol. The van der Waals surface area contributed by atoms with Crippen molar-refractivity contribution >= 4 is 0 Å². The summed E-state index contributed by atoms with van der Waals surface area (Å²) in [7, 11) is 0. The Bertz CT molecular complexity index is 331. The Morgan fingerprint density at radius 3 is 2.75 bits per heavy atom. The van der Waals surface area contributed by atoms with E-state index in [1.54, 1.807) is 0 Å². The second kappa shape index (κ2) is 6.55. The lowest BCUT2D eigenvalue weighted by Gasteiger charge is -2.13. The third-order valence-corrected chi connectivity index (χ3v) is 2.28. The molecule has 0 heterocycles. The van der Waals surface area contributed by atoms with Gasteiger partial charge in [-0.1, -0.05) is 6.92 Å². The third kappa shape index (κ3) is 3.87. The molecule has 0 saturated carbocycles. The minimum atomic E-state index is -0.521. The summed E-state index contributed by atoms with van der Waals surface area (Å²) in [6.45, 7) is 3.13. The van der Waals surface area contributed by atoms with Gasteiger partial charge in [0.1, 0.15) is 11.6 Å². The smallest absolute Gasteiger partial charge is 0.128 e. The lowest BCUT2D eigenvalue weighted by atomic mass is 10.0. The fraction of sp³-hybridized carbons (Fsp3) is 0.500. The highest BCUT2D eigenvalue weighted by atomic mass is 19.1. The van der Waals surface area contributed by atoms with Gasteiger partial charge >= 0.3 is 0 Å². The zero-order valence-corrected chi connectivity index (χ0v) is 9.38. The Hall–Kier alpha value is -1.00. The molecule has 0 aliphatic rings.